The minimum Gasteiger partial charge on any atom is -0.406 e. The molecule has 2 heterocycles. The second kappa shape index (κ2) is 8.91. The number of halogens is 3. The van der Waals surface area contributed by atoms with Crippen LogP contribution in [0.25, 0.3) is 21.2 Å². The fourth-order valence-corrected chi connectivity index (χ4v) is 3.97. The standard InChI is InChI=1S/C22H19F3N4OS/c23-22(24,25)30-19-5-1-14(2-6-19)9-18(26)12-28-21-29-13-20(31-21)16-3-4-17-11-27-8-7-15(17)10-16/h1-8,10-11,13,18H,9,12,26H2,(H,28,29). The van der Waals surface area contributed by atoms with Gasteiger partial charge in [0.1, 0.15) is 5.75 Å². The highest BCUT2D eigenvalue weighted by atomic mass is 32.1. The van der Waals surface area contributed by atoms with E-state index in [1.807, 2.05) is 30.6 Å². The predicted molar refractivity (Wildman–Crippen MR) is 116 cm³/mol. The van der Waals surface area contributed by atoms with Crippen LogP contribution in [0, 0.1) is 0 Å². The fourth-order valence-electron chi connectivity index (χ4n) is 3.15. The number of alkyl halides is 3. The van der Waals surface area contributed by atoms with Crippen molar-refractivity contribution in [2.45, 2.75) is 18.8 Å². The molecule has 160 valence electrons. The summed E-state index contributed by atoms with van der Waals surface area (Å²) < 4.78 is 40.6. The molecule has 0 saturated heterocycles. The van der Waals surface area contributed by atoms with Gasteiger partial charge < -0.3 is 15.8 Å². The van der Waals surface area contributed by atoms with Gasteiger partial charge >= 0.3 is 6.36 Å². The van der Waals surface area contributed by atoms with E-state index in [2.05, 4.69) is 26.1 Å². The topological polar surface area (TPSA) is 73.1 Å². The van der Waals surface area contributed by atoms with Crippen molar-refractivity contribution in [2.75, 3.05) is 11.9 Å². The van der Waals surface area contributed by atoms with E-state index in [4.69, 9.17) is 5.73 Å². The number of thiazole rings is 1. The van der Waals surface area contributed by atoms with Crippen LogP contribution in [0.15, 0.2) is 67.1 Å². The largest absolute Gasteiger partial charge is 0.573 e. The van der Waals surface area contributed by atoms with Gasteiger partial charge in [-0.1, -0.05) is 35.6 Å². The number of hydrogen-bond donors (Lipinski definition) is 2. The Kier molecular flexibility index (Phi) is 6.06. The smallest absolute Gasteiger partial charge is 0.406 e. The molecule has 31 heavy (non-hydrogen) atoms. The molecule has 3 N–H and O–H groups in total. The predicted octanol–water partition coefficient (Wildman–Crippen LogP) is 5.24. The van der Waals surface area contributed by atoms with E-state index >= 15 is 0 Å². The summed E-state index contributed by atoms with van der Waals surface area (Å²) in [5.41, 5.74) is 8.08. The second-order valence-corrected chi connectivity index (χ2v) is 8.03. The van der Waals surface area contributed by atoms with Crippen molar-refractivity contribution in [2.24, 2.45) is 5.73 Å². The quantitative estimate of drug-likeness (QED) is 0.408. The highest BCUT2D eigenvalue weighted by molar-refractivity contribution is 7.18. The van der Waals surface area contributed by atoms with Crippen LogP contribution in [0.5, 0.6) is 5.75 Å². The van der Waals surface area contributed by atoms with Crippen LogP contribution < -0.4 is 15.8 Å². The number of aromatic nitrogens is 2. The van der Waals surface area contributed by atoms with E-state index in [0.717, 1.165) is 31.9 Å². The minimum atomic E-state index is -4.70. The highest BCUT2D eigenvalue weighted by Gasteiger charge is 2.30. The SMILES string of the molecule is NC(CNc1ncc(-c2ccc3cnccc3c2)s1)Cc1ccc(OC(F)(F)F)cc1. The summed E-state index contributed by atoms with van der Waals surface area (Å²) in [5, 5.41) is 6.19. The Hall–Kier alpha value is -3.17. The van der Waals surface area contributed by atoms with E-state index in [-0.39, 0.29) is 11.8 Å². The van der Waals surface area contributed by atoms with Crippen molar-refractivity contribution >= 4 is 27.2 Å². The van der Waals surface area contributed by atoms with E-state index in [1.165, 1.54) is 23.5 Å². The van der Waals surface area contributed by atoms with Gasteiger partial charge in [-0.05, 0) is 47.2 Å². The number of ether oxygens (including phenoxy) is 1. The first-order valence-electron chi connectivity index (χ1n) is 9.50. The van der Waals surface area contributed by atoms with Crippen LogP contribution in [0.2, 0.25) is 0 Å². The number of hydrogen-bond acceptors (Lipinski definition) is 6. The summed E-state index contributed by atoms with van der Waals surface area (Å²) in [7, 11) is 0. The normalized spacial score (nSPS) is 12.6. The summed E-state index contributed by atoms with van der Waals surface area (Å²) in [6.07, 6.45) is 1.23. The number of anilines is 1. The second-order valence-electron chi connectivity index (χ2n) is 7.00. The van der Waals surface area contributed by atoms with Crippen molar-refractivity contribution in [1.29, 1.82) is 0 Å². The molecule has 0 radical (unpaired) electrons. The number of nitrogens with two attached hydrogens (primary N) is 1. The fraction of sp³-hybridized carbons (Fsp3) is 0.182. The Morgan fingerprint density at radius 3 is 2.61 bits per heavy atom. The van der Waals surface area contributed by atoms with Crippen LogP contribution in [-0.2, 0) is 6.42 Å². The molecule has 0 bridgehead atoms. The van der Waals surface area contributed by atoms with E-state index in [0.29, 0.717) is 13.0 Å². The Morgan fingerprint density at radius 2 is 1.84 bits per heavy atom. The number of fused-ring (bicyclic) bond motifs is 1. The molecule has 0 aliphatic carbocycles. The summed E-state index contributed by atoms with van der Waals surface area (Å²) in [6.45, 7) is 0.483. The summed E-state index contributed by atoms with van der Waals surface area (Å²) in [5.74, 6) is -0.247. The molecule has 1 unspecified atom stereocenters. The van der Waals surface area contributed by atoms with Crippen molar-refractivity contribution in [3.05, 3.63) is 72.7 Å². The van der Waals surface area contributed by atoms with Crippen molar-refractivity contribution in [3.63, 3.8) is 0 Å². The van der Waals surface area contributed by atoms with Crippen LogP contribution in [0.4, 0.5) is 18.3 Å². The lowest BCUT2D eigenvalue weighted by molar-refractivity contribution is -0.274. The maximum absolute atomic E-state index is 12.2. The first kappa shape index (κ1) is 21.1. The number of nitrogens with one attached hydrogen (secondary N) is 1. The number of nitrogens with zero attached hydrogens (tertiary/aromatic N) is 2. The van der Waals surface area contributed by atoms with Crippen LogP contribution in [-0.4, -0.2) is 28.9 Å². The lowest BCUT2D eigenvalue weighted by Crippen LogP contribution is -2.31. The highest BCUT2D eigenvalue weighted by Crippen LogP contribution is 2.31. The average Bonchev–Trinajstić information content (AvgIpc) is 3.21. The number of pyridine rings is 1. The maximum Gasteiger partial charge on any atom is 0.573 e. The molecule has 0 aliphatic rings. The molecular formula is C22H19F3N4OS. The molecule has 2 aromatic heterocycles. The third kappa shape index (κ3) is 5.71. The zero-order chi connectivity index (χ0) is 21.8. The lowest BCUT2D eigenvalue weighted by Gasteiger charge is -2.13. The molecular weight excluding hydrogens is 425 g/mol. The first-order chi connectivity index (χ1) is 14.9. The summed E-state index contributed by atoms with van der Waals surface area (Å²) in [6, 6.07) is 13.7. The van der Waals surface area contributed by atoms with Gasteiger partial charge in [-0.3, -0.25) is 4.98 Å². The van der Waals surface area contributed by atoms with Gasteiger partial charge in [0.15, 0.2) is 5.13 Å². The molecule has 0 aliphatic heterocycles. The Morgan fingerprint density at radius 1 is 1.03 bits per heavy atom. The van der Waals surface area contributed by atoms with Gasteiger partial charge in [0.05, 0.1) is 4.88 Å². The first-order valence-corrected chi connectivity index (χ1v) is 10.3. The molecule has 0 spiro atoms. The molecule has 0 amide bonds. The third-order valence-corrected chi connectivity index (χ3v) is 5.61. The van der Waals surface area contributed by atoms with Gasteiger partial charge in [-0.15, -0.1) is 13.2 Å². The number of rotatable bonds is 7. The maximum atomic E-state index is 12.2. The molecule has 1 atom stereocenters. The average molecular weight is 444 g/mol. The molecule has 0 fully saturated rings. The van der Waals surface area contributed by atoms with E-state index in [1.54, 1.807) is 18.3 Å². The minimum absolute atomic E-state index is 0.227. The van der Waals surface area contributed by atoms with E-state index < -0.39 is 6.36 Å². The molecule has 4 rings (SSSR count). The van der Waals surface area contributed by atoms with Gasteiger partial charge in [-0.2, -0.15) is 0 Å². The van der Waals surface area contributed by atoms with Gasteiger partial charge in [-0.25, -0.2) is 4.98 Å². The molecule has 0 saturated carbocycles. The van der Waals surface area contributed by atoms with E-state index in [9.17, 15) is 13.2 Å². The summed E-state index contributed by atoms with van der Waals surface area (Å²) in [4.78, 5) is 9.58. The molecule has 4 aromatic rings. The Labute approximate surface area is 180 Å². The summed E-state index contributed by atoms with van der Waals surface area (Å²) >= 11 is 1.53. The van der Waals surface area contributed by atoms with Crippen LogP contribution in [0.1, 0.15) is 5.56 Å². The van der Waals surface area contributed by atoms with Crippen molar-refractivity contribution < 1.29 is 17.9 Å². The monoisotopic (exact) mass is 444 g/mol. The van der Waals surface area contributed by atoms with Gasteiger partial charge in [0, 0.05) is 36.6 Å². The van der Waals surface area contributed by atoms with Crippen LogP contribution >= 0.6 is 11.3 Å². The van der Waals surface area contributed by atoms with Crippen molar-refractivity contribution in [3.8, 4) is 16.2 Å². The molecule has 5 nitrogen and oxygen atoms in total. The van der Waals surface area contributed by atoms with Gasteiger partial charge in [0.25, 0.3) is 0 Å². The van der Waals surface area contributed by atoms with Gasteiger partial charge in [0.2, 0.25) is 0 Å². The molecule has 2 aromatic carbocycles. The third-order valence-electron chi connectivity index (χ3n) is 4.60. The van der Waals surface area contributed by atoms with Crippen LogP contribution in [0.3, 0.4) is 0 Å². The zero-order valence-electron chi connectivity index (χ0n) is 16.3. The Bertz CT molecular complexity index is 1160. The lowest BCUT2D eigenvalue weighted by atomic mass is 10.1. The zero-order valence-corrected chi connectivity index (χ0v) is 17.1. The van der Waals surface area contributed by atoms with Crippen molar-refractivity contribution in [1.82, 2.24) is 9.97 Å². The molecule has 9 heteroatoms. The number of benzene rings is 2. The Balaban J connectivity index is 1.32.